The van der Waals surface area contributed by atoms with Crippen molar-refractivity contribution >= 4 is 23.2 Å². The maximum atomic E-state index is 12.8. The minimum absolute atomic E-state index is 0.211. The van der Waals surface area contributed by atoms with Crippen molar-refractivity contribution < 1.29 is 14.0 Å². The SMILES string of the molecule is CN(C)c1ccc(NC(=O)c2ccco2)cc1CN(CC1CC1)C(=O)C1CC1. The molecular weight excluding hydrogens is 354 g/mol. The molecule has 148 valence electrons. The first-order valence-electron chi connectivity index (χ1n) is 9.95. The summed E-state index contributed by atoms with van der Waals surface area (Å²) in [6.07, 6.45) is 5.94. The van der Waals surface area contributed by atoms with Gasteiger partial charge in [0.25, 0.3) is 5.91 Å². The molecule has 1 aromatic heterocycles. The fourth-order valence-corrected chi connectivity index (χ4v) is 3.47. The molecule has 1 N–H and O–H groups in total. The van der Waals surface area contributed by atoms with E-state index >= 15 is 0 Å². The molecule has 2 aliphatic carbocycles. The molecule has 0 saturated heterocycles. The largest absolute Gasteiger partial charge is 0.459 e. The van der Waals surface area contributed by atoms with Crippen LogP contribution in [0.25, 0.3) is 0 Å². The van der Waals surface area contributed by atoms with E-state index in [4.69, 9.17) is 4.42 Å². The van der Waals surface area contributed by atoms with Crippen molar-refractivity contribution in [2.75, 3.05) is 30.9 Å². The zero-order valence-corrected chi connectivity index (χ0v) is 16.5. The summed E-state index contributed by atoms with van der Waals surface area (Å²) < 4.78 is 5.17. The van der Waals surface area contributed by atoms with Gasteiger partial charge in [-0.05, 0) is 67.5 Å². The van der Waals surface area contributed by atoms with Crippen LogP contribution in [0.2, 0.25) is 0 Å². The molecule has 1 aromatic carbocycles. The second-order valence-electron chi connectivity index (χ2n) is 8.11. The van der Waals surface area contributed by atoms with E-state index in [2.05, 4.69) is 5.32 Å². The molecule has 2 aliphatic rings. The number of furan rings is 1. The molecule has 0 radical (unpaired) electrons. The maximum absolute atomic E-state index is 12.8. The molecule has 6 nitrogen and oxygen atoms in total. The summed E-state index contributed by atoms with van der Waals surface area (Å²) in [4.78, 5) is 29.2. The van der Waals surface area contributed by atoms with Gasteiger partial charge in [-0.2, -0.15) is 0 Å². The lowest BCUT2D eigenvalue weighted by atomic mass is 10.1. The number of benzene rings is 1. The Balaban J connectivity index is 1.55. The van der Waals surface area contributed by atoms with Crippen LogP contribution in [0.1, 0.15) is 41.8 Å². The van der Waals surface area contributed by atoms with Crippen LogP contribution in [0.5, 0.6) is 0 Å². The first-order chi connectivity index (χ1) is 13.5. The molecule has 0 aliphatic heterocycles. The molecule has 2 fully saturated rings. The molecule has 6 heteroatoms. The van der Waals surface area contributed by atoms with Crippen molar-refractivity contribution in [3.8, 4) is 0 Å². The molecule has 28 heavy (non-hydrogen) atoms. The molecule has 2 amide bonds. The Morgan fingerprint density at radius 3 is 2.54 bits per heavy atom. The van der Waals surface area contributed by atoms with Crippen molar-refractivity contribution in [1.29, 1.82) is 0 Å². The van der Waals surface area contributed by atoms with Gasteiger partial charge in [0, 0.05) is 44.5 Å². The normalized spacial score (nSPS) is 15.9. The Labute approximate surface area is 165 Å². The third-order valence-electron chi connectivity index (χ3n) is 5.34. The Morgan fingerprint density at radius 2 is 1.93 bits per heavy atom. The van der Waals surface area contributed by atoms with Gasteiger partial charge in [-0.3, -0.25) is 9.59 Å². The maximum Gasteiger partial charge on any atom is 0.291 e. The van der Waals surface area contributed by atoms with Crippen LogP contribution in [0.4, 0.5) is 11.4 Å². The lowest BCUT2D eigenvalue weighted by Gasteiger charge is -2.26. The lowest BCUT2D eigenvalue weighted by Crippen LogP contribution is -2.34. The topological polar surface area (TPSA) is 65.8 Å². The van der Waals surface area contributed by atoms with E-state index in [1.165, 1.54) is 19.1 Å². The van der Waals surface area contributed by atoms with Gasteiger partial charge in [0.15, 0.2) is 5.76 Å². The van der Waals surface area contributed by atoms with Crippen LogP contribution in [0, 0.1) is 11.8 Å². The van der Waals surface area contributed by atoms with Gasteiger partial charge in [-0.1, -0.05) is 0 Å². The second-order valence-corrected chi connectivity index (χ2v) is 8.11. The fourth-order valence-electron chi connectivity index (χ4n) is 3.47. The van der Waals surface area contributed by atoms with E-state index in [0.29, 0.717) is 18.2 Å². The summed E-state index contributed by atoms with van der Waals surface area (Å²) in [5, 5.41) is 2.89. The third-order valence-corrected chi connectivity index (χ3v) is 5.34. The number of carbonyl (C=O) groups excluding carboxylic acids is 2. The average Bonchev–Trinajstić information content (AvgIpc) is 3.60. The standard InChI is InChI=1S/C22H27N3O3/c1-24(2)19-10-9-18(23-21(26)20-4-3-11-28-20)12-17(19)14-25(13-15-5-6-15)22(27)16-7-8-16/h3-4,9-12,15-16H,5-8,13-14H2,1-2H3,(H,23,26). The number of nitrogens with zero attached hydrogens (tertiary/aromatic N) is 2. The van der Waals surface area contributed by atoms with Crippen molar-refractivity contribution in [2.45, 2.75) is 32.2 Å². The van der Waals surface area contributed by atoms with Crippen LogP contribution in [-0.2, 0) is 11.3 Å². The van der Waals surface area contributed by atoms with Gasteiger partial charge >= 0.3 is 0 Å². The lowest BCUT2D eigenvalue weighted by molar-refractivity contribution is -0.133. The number of amides is 2. The Kier molecular flexibility index (Phi) is 5.11. The van der Waals surface area contributed by atoms with Gasteiger partial charge in [0.1, 0.15) is 0 Å². The molecular formula is C22H27N3O3. The quantitative estimate of drug-likeness (QED) is 0.756. The van der Waals surface area contributed by atoms with E-state index in [0.717, 1.165) is 30.6 Å². The van der Waals surface area contributed by atoms with Gasteiger partial charge < -0.3 is 19.5 Å². The molecule has 1 heterocycles. The van der Waals surface area contributed by atoms with Crippen LogP contribution in [-0.4, -0.2) is 37.4 Å². The summed E-state index contributed by atoms with van der Waals surface area (Å²) in [7, 11) is 3.99. The van der Waals surface area contributed by atoms with Crippen molar-refractivity contribution in [3.63, 3.8) is 0 Å². The van der Waals surface area contributed by atoms with Gasteiger partial charge in [-0.15, -0.1) is 0 Å². The van der Waals surface area contributed by atoms with Crippen LogP contribution < -0.4 is 10.2 Å². The average molecular weight is 381 g/mol. The van der Waals surface area contributed by atoms with Crippen LogP contribution >= 0.6 is 0 Å². The predicted octanol–water partition coefficient (Wildman–Crippen LogP) is 3.75. The number of carbonyl (C=O) groups is 2. The minimum atomic E-state index is -0.280. The fraction of sp³-hybridized carbons (Fsp3) is 0.455. The van der Waals surface area contributed by atoms with Gasteiger partial charge in [0.2, 0.25) is 5.91 Å². The van der Waals surface area contributed by atoms with Crippen molar-refractivity contribution in [3.05, 3.63) is 47.9 Å². The van der Waals surface area contributed by atoms with E-state index in [-0.39, 0.29) is 23.5 Å². The molecule has 0 spiro atoms. The molecule has 0 unspecified atom stereocenters. The second kappa shape index (κ2) is 7.70. The summed E-state index contributed by atoms with van der Waals surface area (Å²) in [6.45, 7) is 1.41. The molecule has 2 aromatic rings. The minimum Gasteiger partial charge on any atom is -0.459 e. The monoisotopic (exact) mass is 381 g/mol. The van der Waals surface area contributed by atoms with Gasteiger partial charge in [0.05, 0.1) is 6.26 Å². The van der Waals surface area contributed by atoms with Crippen molar-refractivity contribution in [1.82, 2.24) is 4.90 Å². The van der Waals surface area contributed by atoms with E-state index in [1.54, 1.807) is 12.1 Å². The number of anilines is 2. The highest BCUT2D eigenvalue weighted by Gasteiger charge is 2.36. The molecule has 0 atom stereocenters. The number of rotatable bonds is 8. The summed E-state index contributed by atoms with van der Waals surface area (Å²) in [5.74, 6) is 1.13. The predicted molar refractivity (Wildman–Crippen MR) is 108 cm³/mol. The molecule has 4 rings (SSSR count). The highest BCUT2D eigenvalue weighted by Crippen LogP contribution is 2.36. The zero-order valence-electron chi connectivity index (χ0n) is 16.5. The number of hydrogen-bond donors (Lipinski definition) is 1. The highest BCUT2D eigenvalue weighted by atomic mass is 16.3. The third kappa shape index (κ3) is 4.38. The van der Waals surface area contributed by atoms with Crippen LogP contribution in [0.3, 0.4) is 0 Å². The van der Waals surface area contributed by atoms with Crippen LogP contribution in [0.15, 0.2) is 41.0 Å². The first kappa shape index (κ1) is 18.6. The number of nitrogens with one attached hydrogen (secondary N) is 1. The Bertz CT molecular complexity index is 852. The summed E-state index contributed by atoms with van der Waals surface area (Å²) >= 11 is 0. The molecule has 0 bridgehead atoms. The number of hydrogen-bond acceptors (Lipinski definition) is 4. The van der Waals surface area contributed by atoms with Crippen molar-refractivity contribution in [2.24, 2.45) is 11.8 Å². The van der Waals surface area contributed by atoms with E-state index in [9.17, 15) is 9.59 Å². The Hall–Kier alpha value is -2.76. The van der Waals surface area contributed by atoms with E-state index in [1.807, 2.05) is 42.1 Å². The Morgan fingerprint density at radius 1 is 1.14 bits per heavy atom. The summed E-state index contributed by atoms with van der Waals surface area (Å²) in [6, 6.07) is 9.17. The smallest absolute Gasteiger partial charge is 0.291 e. The first-order valence-corrected chi connectivity index (χ1v) is 9.95. The molecule has 2 saturated carbocycles. The zero-order chi connectivity index (χ0) is 19.7. The van der Waals surface area contributed by atoms with Gasteiger partial charge in [-0.25, -0.2) is 0 Å². The van der Waals surface area contributed by atoms with E-state index < -0.39 is 0 Å². The summed E-state index contributed by atoms with van der Waals surface area (Å²) in [5.41, 5.74) is 2.80. The highest BCUT2D eigenvalue weighted by molar-refractivity contribution is 6.02.